The fraction of sp³-hybridized carbons (Fsp3) is 0.125. The highest BCUT2D eigenvalue weighted by molar-refractivity contribution is 7.17. The first-order valence-electron chi connectivity index (χ1n) is 3.40. The summed E-state index contributed by atoms with van der Waals surface area (Å²) in [5.41, 5.74) is 1.84. The van der Waals surface area contributed by atoms with Crippen LogP contribution in [0, 0.1) is 0 Å². The predicted octanol–water partition coefficient (Wildman–Crippen LogP) is 3.69. The largest absolute Gasteiger partial charge is 0.235 e. The van der Waals surface area contributed by atoms with Crippen LogP contribution in [0.25, 0.3) is 10.2 Å². The molecule has 0 saturated heterocycles. The Balaban J connectivity index is 2.73. The summed E-state index contributed by atoms with van der Waals surface area (Å²) in [6.45, 7) is 0. The van der Waals surface area contributed by atoms with Crippen molar-refractivity contribution in [2.45, 2.75) is 5.88 Å². The summed E-state index contributed by atoms with van der Waals surface area (Å²) >= 11 is 13.2. The molecule has 1 nitrogen and oxygen atoms in total. The number of fused-ring (bicyclic) bond motifs is 1. The van der Waals surface area contributed by atoms with Crippen molar-refractivity contribution >= 4 is 44.8 Å². The molecule has 0 unspecified atom stereocenters. The summed E-state index contributed by atoms with van der Waals surface area (Å²) in [5, 5.41) is 2.50. The first-order valence-corrected chi connectivity index (χ1v) is 5.19. The van der Waals surface area contributed by atoms with Gasteiger partial charge in [0.15, 0.2) is 0 Å². The highest BCUT2D eigenvalue weighted by Gasteiger charge is 2.03. The number of hydrogen-bond donors (Lipinski definition) is 0. The van der Waals surface area contributed by atoms with Crippen LogP contribution < -0.4 is 0 Å². The molecule has 0 saturated carbocycles. The summed E-state index contributed by atoms with van der Waals surface area (Å²) in [7, 11) is 0. The third-order valence-electron chi connectivity index (χ3n) is 1.61. The number of rotatable bonds is 1. The van der Waals surface area contributed by atoms with Gasteiger partial charge in [0.25, 0.3) is 0 Å². The maximum atomic E-state index is 5.87. The second kappa shape index (κ2) is 3.21. The van der Waals surface area contributed by atoms with Gasteiger partial charge in [0.05, 0.1) is 16.1 Å². The van der Waals surface area contributed by atoms with E-state index in [0.717, 1.165) is 15.8 Å². The Kier molecular flexibility index (Phi) is 2.22. The molecular weight excluding hydrogens is 213 g/mol. The highest BCUT2D eigenvalue weighted by atomic mass is 35.5. The Bertz CT molecular complexity index is 410. The molecule has 0 N–H and O–H groups in total. The third kappa shape index (κ3) is 1.30. The van der Waals surface area contributed by atoms with Crippen molar-refractivity contribution < 1.29 is 0 Å². The quantitative estimate of drug-likeness (QED) is 0.525. The van der Waals surface area contributed by atoms with Gasteiger partial charge in [-0.3, -0.25) is 0 Å². The van der Waals surface area contributed by atoms with E-state index in [-0.39, 0.29) is 0 Å². The van der Waals surface area contributed by atoms with Crippen LogP contribution in [0.1, 0.15) is 5.56 Å². The zero-order chi connectivity index (χ0) is 8.55. The van der Waals surface area contributed by atoms with Crippen LogP contribution in [0.2, 0.25) is 5.15 Å². The van der Waals surface area contributed by atoms with Gasteiger partial charge in [-0.05, 0) is 17.5 Å². The van der Waals surface area contributed by atoms with E-state index >= 15 is 0 Å². The summed E-state index contributed by atoms with van der Waals surface area (Å²) in [5.74, 6) is 0.416. The van der Waals surface area contributed by atoms with Crippen LogP contribution in [0.5, 0.6) is 0 Å². The van der Waals surface area contributed by atoms with Gasteiger partial charge in [0.2, 0.25) is 0 Å². The Morgan fingerprint density at radius 2 is 2.33 bits per heavy atom. The molecule has 0 radical (unpaired) electrons. The summed E-state index contributed by atoms with van der Waals surface area (Å²) in [4.78, 5) is 4.20. The van der Waals surface area contributed by atoms with Gasteiger partial charge in [-0.2, -0.15) is 0 Å². The van der Waals surface area contributed by atoms with Crippen LogP contribution in [0.3, 0.4) is 0 Å². The van der Waals surface area contributed by atoms with Crippen LogP contribution >= 0.6 is 34.5 Å². The molecule has 4 heteroatoms. The number of hydrogen-bond acceptors (Lipinski definition) is 2. The van der Waals surface area contributed by atoms with Crippen molar-refractivity contribution in [2.24, 2.45) is 0 Å². The van der Waals surface area contributed by atoms with Crippen LogP contribution in [0.15, 0.2) is 17.5 Å². The van der Waals surface area contributed by atoms with E-state index in [2.05, 4.69) is 4.98 Å². The lowest BCUT2D eigenvalue weighted by Gasteiger charge is -1.97. The van der Waals surface area contributed by atoms with Gasteiger partial charge in [0, 0.05) is 5.56 Å². The molecule has 0 fully saturated rings. The highest BCUT2D eigenvalue weighted by Crippen LogP contribution is 2.25. The first-order chi connectivity index (χ1) is 5.81. The van der Waals surface area contributed by atoms with Crippen molar-refractivity contribution in [1.29, 1.82) is 0 Å². The Hall–Kier alpha value is -0.310. The van der Waals surface area contributed by atoms with E-state index in [1.165, 1.54) is 0 Å². The minimum absolute atomic E-state index is 0.416. The van der Waals surface area contributed by atoms with Gasteiger partial charge in [-0.1, -0.05) is 11.6 Å². The molecule has 2 aromatic heterocycles. The smallest absolute Gasteiger partial charge is 0.134 e. The summed E-state index contributed by atoms with van der Waals surface area (Å²) in [6.07, 6.45) is 0. The molecule has 0 amide bonds. The minimum atomic E-state index is 0.416. The lowest BCUT2D eigenvalue weighted by molar-refractivity contribution is 1.31. The molecule has 0 aliphatic heterocycles. The SMILES string of the molecule is ClCc1cc2sccc2nc1Cl. The lowest BCUT2D eigenvalue weighted by Crippen LogP contribution is -1.83. The van der Waals surface area contributed by atoms with Gasteiger partial charge < -0.3 is 0 Å². The average Bonchev–Trinajstić information content (AvgIpc) is 2.49. The summed E-state index contributed by atoms with van der Waals surface area (Å²) < 4.78 is 1.13. The van der Waals surface area contributed by atoms with E-state index in [9.17, 15) is 0 Å². The molecule has 2 heterocycles. The monoisotopic (exact) mass is 217 g/mol. The van der Waals surface area contributed by atoms with Gasteiger partial charge in [0.1, 0.15) is 5.15 Å². The van der Waals surface area contributed by atoms with E-state index in [1.54, 1.807) is 11.3 Å². The van der Waals surface area contributed by atoms with Crippen molar-refractivity contribution in [3.8, 4) is 0 Å². The maximum Gasteiger partial charge on any atom is 0.134 e. The number of thiophene rings is 1. The third-order valence-corrected chi connectivity index (χ3v) is 3.07. The van der Waals surface area contributed by atoms with Gasteiger partial charge >= 0.3 is 0 Å². The van der Waals surface area contributed by atoms with Crippen molar-refractivity contribution in [1.82, 2.24) is 4.98 Å². The Labute approximate surface area is 83.9 Å². The van der Waals surface area contributed by atoms with E-state index in [0.29, 0.717) is 11.0 Å². The van der Waals surface area contributed by atoms with Crippen molar-refractivity contribution in [3.63, 3.8) is 0 Å². The average molecular weight is 218 g/mol. The second-order valence-electron chi connectivity index (χ2n) is 2.38. The van der Waals surface area contributed by atoms with Crippen LogP contribution in [0.4, 0.5) is 0 Å². The normalized spacial score (nSPS) is 10.8. The van der Waals surface area contributed by atoms with Gasteiger partial charge in [-0.15, -0.1) is 22.9 Å². The number of aromatic nitrogens is 1. The molecule has 62 valence electrons. The predicted molar refractivity (Wildman–Crippen MR) is 54.2 cm³/mol. The van der Waals surface area contributed by atoms with E-state index in [4.69, 9.17) is 23.2 Å². The molecule has 2 rings (SSSR count). The Morgan fingerprint density at radius 3 is 3.08 bits per heavy atom. The molecule has 0 aliphatic carbocycles. The van der Waals surface area contributed by atoms with Crippen molar-refractivity contribution in [3.05, 3.63) is 28.2 Å². The lowest BCUT2D eigenvalue weighted by atomic mass is 10.3. The zero-order valence-electron chi connectivity index (χ0n) is 6.05. The van der Waals surface area contributed by atoms with E-state index < -0.39 is 0 Å². The number of pyridine rings is 1. The van der Waals surface area contributed by atoms with Crippen LogP contribution in [-0.2, 0) is 5.88 Å². The Morgan fingerprint density at radius 1 is 1.50 bits per heavy atom. The molecule has 12 heavy (non-hydrogen) atoms. The molecule has 0 spiro atoms. The standard InChI is InChI=1S/C8H5Cl2NS/c9-4-5-3-7-6(1-2-12-7)11-8(5)10/h1-3H,4H2. The topological polar surface area (TPSA) is 12.9 Å². The van der Waals surface area contributed by atoms with Crippen molar-refractivity contribution in [2.75, 3.05) is 0 Å². The van der Waals surface area contributed by atoms with E-state index in [1.807, 2.05) is 17.5 Å². The molecule has 0 bridgehead atoms. The fourth-order valence-corrected chi connectivity index (χ4v) is 2.28. The first kappa shape index (κ1) is 8.30. The molecule has 0 atom stereocenters. The van der Waals surface area contributed by atoms with Crippen LogP contribution in [-0.4, -0.2) is 4.98 Å². The molecule has 0 aliphatic rings. The second-order valence-corrected chi connectivity index (χ2v) is 3.95. The zero-order valence-corrected chi connectivity index (χ0v) is 8.38. The molecular formula is C8H5Cl2NS. The fourth-order valence-electron chi connectivity index (χ4n) is 1.00. The number of halogens is 2. The number of nitrogens with zero attached hydrogens (tertiary/aromatic N) is 1. The van der Waals surface area contributed by atoms with Gasteiger partial charge in [-0.25, -0.2) is 4.98 Å². The minimum Gasteiger partial charge on any atom is -0.235 e. The summed E-state index contributed by atoms with van der Waals surface area (Å²) in [6, 6.07) is 3.94. The molecule has 2 aromatic rings. The number of alkyl halides is 1. The maximum absolute atomic E-state index is 5.87. The molecule has 0 aromatic carbocycles.